The number of hydrogen-bond acceptors (Lipinski definition) is 3. The van der Waals surface area contributed by atoms with Gasteiger partial charge in [-0.25, -0.2) is 0 Å². The van der Waals surface area contributed by atoms with Gasteiger partial charge in [0.25, 0.3) is 0 Å². The van der Waals surface area contributed by atoms with Gasteiger partial charge in [0.1, 0.15) is 5.78 Å². The third kappa shape index (κ3) is 3.16. The predicted octanol–water partition coefficient (Wildman–Crippen LogP) is 2.94. The summed E-state index contributed by atoms with van der Waals surface area (Å²) in [5.74, 6) is 0.765. The van der Waals surface area contributed by atoms with E-state index in [1.54, 1.807) is 11.3 Å². The Kier molecular flexibility index (Phi) is 4.13. The average Bonchev–Trinajstić information content (AvgIpc) is 2.74. The van der Waals surface area contributed by atoms with Gasteiger partial charge in [-0.1, -0.05) is 6.42 Å². The second-order valence-corrected chi connectivity index (χ2v) is 5.52. The number of nitrogens with zero attached hydrogens (tertiary/aromatic N) is 1. The zero-order valence-corrected chi connectivity index (χ0v) is 10.6. The van der Waals surface area contributed by atoms with Gasteiger partial charge in [-0.05, 0) is 42.3 Å². The van der Waals surface area contributed by atoms with E-state index in [4.69, 9.17) is 0 Å². The zero-order valence-electron chi connectivity index (χ0n) is 9.82. The largest absolute Gasteiger partial charge is 0.301 e. The van der Waals surface area contributed by atoms with Crippen molar-refractivity contribution in [2.75, 3.05) is 13.6 Å². The number of ketones is 1. The van der Waals surface area contributed by atoms with E-state index >= 15 is 0 Å². The van der Waals surface area contributed by atoms with E-state index < -0.39 is 0 Å². The topological polar surface area (TPSA) is 20.3 Å². The van der Waals surface area contributed by atoms with Gasteiger partial charge < -0.3 is 4.90 Å². The maximum atomic E-state index is 11.7. The van der Waals surface area contributed by atoms with E-state index in [2.05, 4.69) is 28.8 Å². The fourth-order valence-electron chi connectivity index (χ4n) is 2.38. The highest BCUT2D eigenvalue weighted by atomic mass is 32.1. The molecule has 88 valence electrons. The molecule has 3 heteroatoms. The van der Waals surface area contributed by atoms with Crippen LogP contribution < -0.4 is 0 Å². The number of carbonyl (C=O) groups excluding carboxylic acids is 1. The third-order valence-electron chi connectivity index (χ3n) is 3.25. The number of hydrogen-bond donors (Lipinski definition) is 0. The Morgan fingerprint density at radius 3 is 3.06 bits per heavy atom. The van der Waals surface area contributed by atoms with Crippen molar-refractivity contribution in [2.45, 2.75) is 32.2 Å². The quantitative estimate of drug-likeness (QED) is 0.802. The first-order valence-corrected chi connectivity index (χ1v) is 6.92. The maximum absolute atomic E-state index is 11.7. The molecule has 1 aromatic heterocycles. The number of rotatable bonds is 4. The predicted molar refractivity (Wildman–Crippen MR) is 67.6 cm³/mol. The monoisotopic (exact) mass is 237 g/mol. The van der Waals surface area contributed by atoms with Crippen LogP contribution >= 0.6 is 11.3 Å². The van der Waals surface area contributed by atoms with Gasteiger partial charge >= 0.3 is 0 Å². The molecule has 0 aromatic carbocycles. The molecule has 0 spiro atoms. The summed E-state index contributed by atoms with van der Waals surface area (Å²) in [5.41, 5.74) is 1.36. The van der Waals surface area contributed by atoms with Crippen LogP contribution in [-0.4, -0.2) is 24.3 Å². The van der Waals surface area contributed by atoms with E-state index in [-0.39, 0.29) is 5.92 Å². The minimum absolute atomic E-state index is 0.289. The van der Waals surface area contributed by atoms with Gasteiger partial charge in [0.05, 0.1) is 0 Å². The molecular weight excluding hydrogens is 218 g/mol. The number of Topliss-reactive ketones (excluding diaryl/α,β-unsaturated/α-hetero) is 1. The number of thiophene rings is 1. The minimum Gasteiger partial charge on any atom is -0.301 e. The van der Waals surface area contributed by atoms with Crippen LogP contribution in [0, 0.1) is 5.92 Å². The lowest BCUT2D eigenvalue weighted by Gasteiger charge is -2.25. The smallest absolute Gasteiger partial charge is 0.137 e. The van der Waals surface area contributed by atoms with Crippen molar-refractivity contribution >= 4 is 17.1 Å². The molecular formula is C13H19NOS. The molecule has 1 unspecified atom stereocenters. The first-order valence-electron chi connectivity index (χ1n) is 5.98. The maximum Gasteiger partial charge on any atom is 0.137 e. The lowest BCUT2D eigenvalue weighted by molar-refractivity contribution is -0.125. The van der Waals surface area contributed by atoms with Crippen LogP contribution in [0.5, 0.6) is 0 Å². The molecule has 0 aliphatic heterocycles. The molecule has 1 atom stereocenters. The molecule has 0 N–H and O–H groups in total. The molecule has 1 aromatic rings. The second-order valence-electron chi connectivity index (χ2n) is 4.74. The average molecular weight is 237 g/mol. The molecule has 0 radical (unpaired) electrons. The van der Waals surface area contributed by atoms with Crippen molar-refractivity contribution in [3.63, 3.8) is 0 Å². The summed E-state index contributed by atoms with van der Waals surface area (Å²) < 4.78 is 0. The second kappa shape index (κ2) is 5.60. The Bertz CT molecular complexity index is 334. The molecule has 0 bridgehead atoms. The molecule has 0 saturated heterocycles. The summed E-state index contributed by atoms with van der Waals surface area (Å²) in [5, 5.41) is 4.29. The SMILES string of the molecule is CN(Cc1ccsc1)CC1CCCCC1=O. The Hall–Kier alpha value is -0.670. The van der Waals surface area contributed by atoms with Crippen LogP contribution in [0.2, 0.25) is 0 Å². The molecule has 2 rings (SSSR count). The Labute approximate surface area is 101 Å². The van der Waals surface area contributed by atoms with Gasteiger partial charge in [-0.2, -0.15) is 11.3 Å². The molecule has 16 heavy (non-hydrogen) atoms. The molecule has 1 saturated carbocycles. The lowest BCUT2D eigenvalue weighted by atomic mass is 9.87. The van der Waals surface area contributed by atoms with Gasteiger partial charge in [-0.15, -0.1) is 0 Å². The Morgan fingerprint density at radius 2 is 2.38 bits per heavy atom. The van der Waals surface area contributed by atoms with Crippen molar-refractivity contribution in [2.24, 2.45) is 5.92 Å². The van der Waals surface area contributed by atoms with E-state index in [9.17, 15) is 4.79 Å². The van der Waals surface area contributed by atoms with E-state index in [0.29, 0.717) is 5.78 Å². The van der Waals surface area contributed by atoms with Crippen LogP contribution in [0.25, 0.3) is 0 Å². The molecule has 0 amide bonds. The molecule has 2 nitrogen and oxygen atoms in total. The summed E-state index contributed by atoms with van der Waals surface area (Å²) in [6.45, 7) is 1.89. The standard InChI is InChI=1S/C13H19NOS/c1-14(8-11-6-7-16-10-11)9-12-4-2-3-5-13(12)15/h6-7,10,12H,2-5,8-9H2,1H3. The summed E-state index contributed by atoms with van der Waals surface area (Å²) in [6, 6.07) is 2.16. The first-order chi connectivity index (χ1) is 7.75. The third-order valence-corrected chi connectivity index (χ3v) is 3.98. The summed E-state index contributed by atoms with van der Waals surface area (Å²) in [6.07, 6.45) is 4.22. The highest BCUT2D eigenvalue weighted by Crippen LogP contribution is 2.21. The van der Waals surface area contributed by atoms with E-state index in [0.717, 1.165) is 32.4 Å². The number of carbonyl (C=O) groups is 1. The van der Waals surface area contributed by atoms with Crippen LogP contribution in [0.4, 0.5) is 0 Å². The molecule has 1 aliphatic rings. The molecule has 1 fully saturated rings. The van der Waals surface area contributed by atoms with Crippen LogP contribution in [0.1, 0.15) is 31.2 Å². The first kappa shape index (κ1) is 11.8. The highest BCUT2D eigenvalue weighted by Gasteiger charge is 2.23. The van der Waals surface area contributed by atoms with Gasteiger partial charge in [0.2, 0.25) is 0 Å². The van der Waals surface area contributed by atoms with Crippen LogP contribution in [0.15, 0.2) is 16.8 Å². The summed E-state index contributed by atoms with van der Waals surface area (Å²) in [4.78, 5) is 14.0. The van der Waals surface area contributed by atoms with Crippen molar-refractivity contribution in [3.05, 3.63) is 22.4 Å². The molecule has 1 aliphatic carbocycles. The zero-order chi connectivity index (χ0) is 11.4. The van der Waals surface area contributed by atoms with Crippen molar-refractivity contribution in [1.82, 2.24) is 4.90 Å². The van der Waals surface area contributed by atoms with E-state index in [1.165, 1.54) is 12.0 Å². The van der Waals surface area contributed by atoms with Crippen LogP contribution in [-0.2, 0) is 11.3 Å². The van der Waals surface area contributed by atoms with Crippen molar-refractivity contribution in [3.8, 4) is 0 Å². The molecule has 1 heterocycles. The lowest BCUT2D eigenvalue weighted by Crippen LogP contribution is -2.31. The van der Waals surface area contributed by atoms with Crippen LogP contribution in [0.3, 0.4) is 0 Å². The Balaban J connectivity index is 1.82. The van der Waals surface area contributed by atoms with Crippen molar-refractivity contribution < 1.29 is 4.79 Å². The normalized spacial score (nSPS) is 21.6. The van der Waals surface area contributed by atoms with Gasteiger partial charge in [0.15, 0.2) is 0 Å². The fourth-order valence-corrected chi connectivity index (χ4v) is 3.04. The van der Waals surface area contributed by atoms with E-state index in [1.807, 2.05) is 0 Å². The fraction of sp³-hybridized carbons (Fsp3) is 0.615. The van der Waals surface area contributed by atoms with Gasteiger partial charge in [-0.3, -0.25) is 4.79 Å². The van der Waals surface area contributed by atoms with Gasteiger partial charge in [0, 0.05) is 25.4 Å². The van der Waals surface area contributed by atoms with Crippen molar-refractivity contribution in [1.29, 1.82) is 0 Å². The highest BCUT2D eigenvalue weighted by molar-refractivity contribution is 7.07. The Morgan fingerprint density at radius 1 is 1.50 bits per heavy atom. The summed E-state index contributed by atoms with van der Waals surface area (Å²) >= 11 is 1.73. The minimum atomic E-state index is 0.289. The summed E-state index contributed by atoms with van der Waals surface area (Å²) in [7, 11) is 2.11.